The summed E-state index contributed by atoms with van der Waals surface area (Å²) in [5.74, 6) is 0.598. The maximum atomic E-state index is 12.6. The number of benzene rings is 1. The van der Waals surface area contributed by atoms with Gasteiger partial charge in [-0.2, -0.15) is 0 Å². The fourth-order valence-corrected chi connectivity index (χ4v) is 5.03. The molecule has 0 aromatic heterocycles. The molecule has 1 aliphatic carbocycles. The number of hydrogen-bond acceptors (Lipinski definition) is 3. The van der Waals surface area contributed by atoms with Crippen molar-refractivity contribution in [1.82, 2.24) is 10.0 Å². The number of nitrogens with one attached hydrogen (secondary N) is 2. The van der Waals surface area contributed by atoms with Gasteiger partial charge in [0.15, 0.2) is 0 Å². The summed E-state index contributed by atoms with van der Waals surface area (Å²) in [4.78, 5) is 0.331. The Kier molecular flexibility index (Phi) is 5.82. The zero-order valence-corrected chi connectivity index (χ0v) is 14.9. The average molecular weight is 375 g/mol. The van der Waals surface area contributed by atoms with Gasteiger partial charge in [-0.1, -0.05) is 19.9 Å². The Bertz CT molecular complexity index is 589. The normalized spacial score (nSPS) is 22.6. The van der Waals surface area contributed by atoms with Crippen molar-refractivity contribution in [2.75, 3.05) is 6.54 Å². The highest BCUT2D eigenvalue weighted by Crippen LogP contribution is 2.28. The van der Waals surface area contributed by atoms with E-state index < -0.39 is 10.0 Å². The molecule has 21 heavy (non-hydrogen) atoms. The summed E-state index contributed by atoms with van der Waals surface area (Å²) in [6.45, 7) is 5.73. The molecule has 0 spiro atoms. The minimum absolute atomic E-state index is 0.0642. The van der Waals surface area contributed by atoms with Gasteiger partial charge < -0.3 is 5.32 Å². The SMILES string of the molecule is CCNCc1ccc(Br)c(S(=O)(=O)NC2CCC(C)C2)c1. The molecule has 1 aromatic rings. The number of hydrogen-bond donors (Lipinski definition) is 2. The molecule has 1 aromatic carbocycles. The highest BCUT2D eigenvalue weighted by atomic mass is 79.9. The predicted molar refractivity (Wildman–Crippen MR) is 88.6 cm³/mol. The van der Waals surface area contributed by atoms with Crippen LogP contribution < -0.4 is 10.0 Å². The van der Waals surface area contributed by atoms with E-state index in [1.165, 1.54) is 0 Å². The molecule has 0 bridgehead atoms. The van der Waals surface area contributed by atoms with Crippen LogP contribution in [0, 0.1) is 5.92 Å². The Morgan fingerprint density at radius 2 is 2.10 bits per heavy atom. The van der Waals surface area contributed by atoms with Crippen LogP contribution in [0.4, 0.5) is 0 Å². The van der Waals surface area contributed by atoms with Crippen LogP contribution in [-0.2, 0) is 16.6 Å². The van der Waals surface area contributed by atoms with Crippen molar-refractivity contribution in [3.8, 4) is 0 Å². The predicted octanol–water partition coefficient (Wildman–Crippen LogP) is 3.03. The molecular formula is C15H23BrN2O2S. The van der Waals surface area contributed by atoms with Crippen LogP contribution in [0.1, 0.15) is 38.7 Å². The van der Waals surface area contributed by atoms with Crippen molar-refractivity contribution in [3.05, 3.63) is 28.2 Å². The average Bonchev–Trinajstić information content (AvgIpc) is 2.82. The molecule has 0 amide bonds. The van der Waals surface area contributed by atoms with E-state index in [2.05, 4.69) is 32.9 Å². The fraction of sp³-hybridized carbons (Fsp3) is 0.600. The summed E-state index contributed by atoms with van der Waals surface area (Å²) in [6, 6.07) is 5.55. The Balaban J connectivity index is 2.18. The lowest BCUT2D eigenvalue weighted by Crippen LogP contribution is -2.33. The molecule has 0 heterocycles. The lowest BCUT2D eigenvalue weighted by Gasteiger charge is -2.15. The van der Waals surface area contributed by atoms with Gasteiger partial charge in [-0.15, -0.1) is 0 Å². The quantitative estimate of drug-likeness (QED) is 0.804. The van der Waals surface area contributed by atoms with Crippen LogP contribution in [0.15, 0.2) is 27.6 Å². The Labute approximate surface area is 135 Å². The molecule has 2 N–H and O–H groups in total. The Morgan fingerprint density at radius 3 is 2.71 bits per heavy atom. The summed E-state index contributed by atoms with van der Waals surface area (Å²) in [6.07, 6.45) is 2.94. The van der Waals surface area contributed by atoms with Crippen molar-refractivity contribution in [2.24, 2.45) is 5.92 Å². The van der Waals surface area contributed by atoms with E-state index in [9.17, 15) is 8.42 Å². The van der Waals surface area contributed by atoms with Gasteiger partial charge in [0.05, 0.1) is 4.90 Å². The molecule has 0 aliphatic heterocycles. The second-order valence-corrected chi connectivity index (χ2v) is 8.32. The van der Waals surface area contributed by atoms with Gasteiger partial charge in [0.2, 0.25) is 10.0 Å². The minimum Gasteiger partial charge on any atom is -0.313 e. The maximum absolute atomic E-state index is 12.6. The lowest BCUT2D eigenvalue weighted by molar-refractivity contribution is 0.538. The van der Waals surface area contributed by atoms with Crippen LogP contribution >= 0.6 is 15.9 Å². The van der Waals surface area contributed by atoms with E-state index in [1.54, 1.807) is 12.1 Å². The molecule has 4 nitrogen and oxygen atoms in total. The van der Waals surface area contributed by atoms with Gasteiger partial charge in [0, 0.05) is 17.1 Å². The van der Waals surface area contributed by atoms with Gasteiger partial charge in [0.25, 0.3) is 0 Å². The Hall–Kier alpha value is -0.430. The van der Waals surface area contributed by atoms with Crippen LogP contribution in [0.25, 0.3) is 0 Å². The summed E-state index contributed by atoms with van der Waals surface area (Å²) in [5, 5.41) is 3.21. The molecule has 2 atom stereocenters. The van der Waals surface area contributed by atoms with E-state index in [0.29, 0.717) is 21.8 Å². The zero-order valence-electron chi connectivity index (χ0n) is 12.5. The van der Waals surface area contributed by atoms with E-state index in [-0.39, 0.29) is 6.04 Å². The van der Waals surface area contributed by atoms with E-state index in [1.807, 2.05) is 13.0 Å². The third kappa shape index (κ3) is 4.52. The topological polar surface area (TPSA) is 58.2 Å². The summed E-state index contributed by atoms with van der Waals surface area (Å²) >= 11 is 3.36. The largest absolute Gasteiger partial charge is 0.313 e. The second-order valence-electron chi connectivity index (χ2n) is 5.78. The summed E-state index contributed by atoms with van der Waals surface area (Å²) in [7, 11) is -3.47. The first-order valence-corrected chi connectivity index (χ1v) is 9.71. The highest BCUT2D eigenvalue weighted by Gasteiger charge is 2.27. The first-order valence-electron chi connectivity index (χ1n) is 7.44. The van der Waals surface area contributed by atoms with Crippen LogP contribution in [0.3, 0.4) is 0 Å². The molecule has 118 valence electrons. The molecule has 0 saturated heterocycles. The molecular weight excluding hydrogens is 352 g/mol. The van der Waals surface area contributed by atoms with Gasteiger partial charge in [-0.3, -0.25) is 0 Å². The van der Waals surface area contributed by atoms with Crippen molar-refractivity contribution in [2.45, 2.75) is 50.6 Å². The number of sulfonamides is 1. The third-order valence-electron chi connectivity index (χ3n) is 3.88. The van der Waals surface area contributed by atoms with Gasteiger partial charge in [-0.05, 0) is 65.4 Å². The summed E-state index contributed by atoms with van der Waals surface area (Å²) in [5.41, 5.74) is 0.972. The second kappa shape index (κ2) is 7.22. The molecule has 1 saturated carbocycles. The fourth-order valence-electron chi connectivity index (χ4n) is 2.73. The van der Waals surface area contributed by atoms with E-state index in [4.69, 9.17) is 0 Å². The third-order valence-corrected chi connectivity index (χ3v) is 6.40. The zero-order chi connectivity index (χ0) is 15.5. The molecule has 1 aliphatic rings. The van der Waals surface area contributed by atoms with E-state index in [0.717, 1.165) is 31.4 Å². The van der Waals surface area contributed by atoms with E-state index >= 15 is 0 Å². The smallest absolute Gasteiger partial charge is 0.241 e. The molecule has 1 fully saturated rings. The molecule has 6 heteroatoms. The minimum atomic E-state index is -3.47. The van der Waals surface area contributed by atoms with Gasteiger partial charge >= 0.3 is 0 Å². The molecule has 2 unspecified atom stereocenters. The van der Waals surface area contributed by atoms with Crippen LogP contribution in [0.5, 0.6) is 0 Å². The molecule has 2 rings (SSSR count). The monoisotopic (exact) mass is 374 g/mol. The van der Waals surface area contributed by atoms with Crippen LogP contribution in [-0.4, -0.2) is 21.0 Å². The number of rotatable bonds is 6. The number of halogens is 1. The van der Waals surface area contributed by atoms with Crippen molar-refractivity contribution in [3.63, 3.8) is 0 Å². The molecule has 0 radical (unpaired) electrons. The highest BCUT2D eigenvalue weighted by molar-refractivity contribution is 9.10. The maximum Gasteiger partial charge on any atom is 0.241 e. The van der Waals surface area contributed by atoms with Crippen LogP contribution in [0.2, 0.25) is 0 Å². The van der Waals surface area contributed by atoms with Crippen molar-refractivity contribution >= 4 is 26.0 Å². The van der Waals surface area contributed by atoms with Gasteiger partial charge in [0.1, 0.15) is 0 Å². The Morgan fingerprint density at radius 1 is 1.33 bits per heavy atom. The standard InChI is InChI=1S/C15H23BrN2O2S/c1-3-17-10-12-5-7-14(16)15(9-12)21(19,20)18-13-6-4-11(2)8-13/h5,7,9,11,13,17-18H,3-4,6,8,10H2,1-2H3. The van der Waals surface area contributed by atoms with Crippen molar-refractivity contribution < 1.29 is 8.42 Å². The lowest BCUT2D eigenvalue weighted by atomic mass is 10.1. The van der Waals surface area contributed by atoms with Crippen molar-refractivity contribution in [1.29, 1.82) is 0 Å². The summed E-state index contributed by atoms with van der Waals surface area (Å²) < 4.78 is 28.6. The first-order chi connectivity index (χ1) is 9.92. The first kappa shape index (κ1) is 16.9. The van der Waals surface area contributed by atoms with Gasteiger partial charge in [-0.25, -0.2) is 13.1 Å².